The molecule has 27 atom stereocenters. The molecule has 0 aromatic heterocycles. The summed E-state index contributed by atoms with van der Waals surface area (Å²) in [6.45, 7) is 12.9. The number of aliphatic hydroxyl groups is 8. The summed E-state index contributed by atoms with van der Waals surface area (Å²) in [5.41, 5.74) is 0.659. The van der Waals surface area contributed by atoms with E-state index in [1.807, 2.05) is 0 Å². The van der Waals surface area contributed by atoms with Crippen molar-refractivity contribution in [3.63, 3.8) is 0 Å². The highest BCUT2D eigenvalue weighted by Gasteiger charge is 2.59. The van der Waals surface area contributed by atoms with Gasteiger partial charge in [-0.05, 0) is 71.4 Å². The molecule has 7 rings (SSSR count). The number of benzene rings is 1. The van der Waals surface area contributed by atoms with Gasteiger partial charge in [0.05, 0.1) is 43.0 Å². The van der Waals surface area contributed by atoms with Gasteiger partial charge in [-0.2, -0.15) is 0 Å². The van der Waals surface area contributed by atoms with E-state index in [-0.39, 0.29) is 18.9 Å². The van der Waals surface area contributed by atoms with Crippen LogP contribution in [0.15, 0.2) is 36.4 Å². The third-order valence-electron chi connectivity index (χ3n) is 19.1. The van der Waals surface area contributed by atoms with Gasteiger partial charge in [0.1, 0.15) is 73.2 Å². The summed E-state index contributed by atoms with van der Waals surface area (Å²) in [5.74, 6) is -3.69. The van der Waals surface area contributed by atoms with Gasteiger partial charge in [0.25, 0.3) is 0 Å². The van der Waals surface area contributed by atoms with Crippen molar-refractivity contribution >= 4 is 30.0 Å². The lowest BCUT2D eigenvalue weighted by atomic mass is 9.95. The second kappa shape index (κ2) is 39.9. The summed E-state index contributed by atoms with van der Waals surface area (Å²) in [5, 5.41) is 92.1. The highest BCUT2D eigenvalue weighted by molar-refractivity contribution is 5.87. The van der Waals surface area contributed by atoms with E-state index in [2.05, 4.69) is 13.8 Å². The van der Waals surface area contributed by atoms with Gasteiger partial charge < -0.3 is 107 Å². The monoisotopic (exact) mass is 1370 g/mol. The Bertz CT molecular complexity index is 2480. The molecule has 6 saturated heterocycles. The van der Waals surface area contributed by atoms with E-state index < -0.39 is 190 Å². The zero-order chi connectivity index (χ0) is 69.6. The van der Waals surface area contributed by atoms with Gasteiger partial charge in [-0.3, -0.25) is 14.4 Å². The average molecular weight is 1370 g/mol. The highest BCUT2D eigenvalue weighted by Crippen LogP contribution is 2.40. The summed E-state index contributed by atoms with van der Waals surface area (Å²) >= 11 is 0. The number of rotatable bonds is 26. The first-order chi connectivity index (χ1) is 46.1. The fraction of sp³-hybridized carbons (Fsp3) is 0.829. The van der Waals surface area contributed by atoms with Crippen molar-refractivity contribution in [3.8, 4) is 0 Å². The molecule has 2 bridgehead atoms. The third-order valence-corrected chi connectivity index (χ3v) is 19.1. The molecule has 0 radical (unpaired) electrons. The first kappa shape index (κ1) is 79.4. The summed E-state index contributed by atoms with van der Waals surface area (Å²) in [6.07, 6.45) is -22.3. The van der Waals surface area contributed by atoms with Crippen molar-refractivity contribution in [1.82, 2.24) is 0 Å². The zero-order valence-corrected chi connectivity index (χ0v) is 57.3. The molecule has 96 heavy (non-hydrogen) atoms. The van der Waals surface area contributed by atoms with Gasteiger partial charge in [0.2, 0.25) is 0 Å². The van der Waals surface area contributed by atoms with Crippen molar-refractivity contribution in [2.75, 3.05) is 6.61 Å². The third kappa shape index (κ3) is 22.3. The minimum atomic E-state index is -1.96. The number of ether oxygens (including phenoxy) is 14. The van der Waals surface area contributed by atoms with Crippen LogP contribution in [0, 0.1) is 5.92 Å². The first-order valence-electron chi connectivity index (χ1n) is 35.5. The molecule has 6 aliphatic heterocycles. The Morgan fingerprint density at radius 3 is 1.83 bits per heavy atom. The molecule has 0 aliphatic carbocycles. The predicted octanol–water partition coefficient (Wildman–Crippen LogP) is 5.79. The van der Waals surface area contributed by atoms with E-state index in [1.54, 1.807) is 44.2 Å². The normalized spacial score (nSPS) is 38.8. The fourth-order valence-corrected chi connectivity index (χ4v) is 13.0. The number of hydrogen-bond acceptors (Lipinski definition) is 26. The second-order valence-electron chi connectivity index (χ2n) is 26.8. The molecule has 1 aromatic rings. The minimum absolute atomic E-state index is 0.0669. The number of carbonyl (C=O) groups excluding carboxylic acids is 4. The molecule has 6 aliphatic rings. The summed E-state index contributed by atoms with van der Waals surface area (Å²) in [7, 11) is 0. The van der Waals surface area contributed by atoms with E-state index in [0.29, 0.717) is 50.5 Å². The molecule has 0 saturated carbocycles. The predicted molar refractivity (Wildman–Crippen MR) is 342 cm³/mol. The Balaban J connectivity index is 1.26. The Hall–Kier alpha value is -3.88. The lowest BCUT2D eigenvalue weighted by Gasteiger charge is -2.51. The number of esters is 4. The van der Waals surface area contributed by atoms with Crippen LogP contribution >= 0.6 is 0 Å². The topological polar surface area (TPSA) is 359 Å². The number of hydrogen-bond donors (Lipinski definition) is 8. The van der Waals surface area contributed by atoms with Gasteiger partial charge in [-0.1, -0.05) is 154 Å². The van der Waals surface area contributed by atoms with Crippen LogP contribution < -0.4 is 0 Å². The van der Waals surface area contributed by atoms with Crippen LogP contribution in [0.3, 0.4) is 0 Å². The first-order valence-corrected chi connectivity index (χ1v) is 35.5. The maximum absolute atomic E-state index is 14.5. The zero-order valence-electron chi connectivity index (χ0n) is 57.3. The van der Waals surface area contributed by atoms with Gasteiger partial charge in [-0.25, -0.2) is 4.79 Å². The molecule has 548 valence electrons. The van der Waals surface area contributed by atoms with Crippen LogP contribution in [0.25, 0.3) is 6.08 Å². The fourth-order valence-electron chi connectivity index (χ4n) is 13.0. The molecule has 1 aromatic carbocycles. The van der Waals surface area contributed by atoms with Crippen LogP contribution in [-0.2, 0) is 85.5 Å². The molecule has 1 unspecified atom stereocenters. The molecule has 0 spiro atoms. The lowest BCUT2D eigenvalue weighted by molar-refractivity contribution is -0.400. The van der Waals surface area contributed by atoms with Crippen molar-refractivity contribution in [2.45, 2.75) is 356 Å². The molecule has 26 nitrogen and oxygen atoms in total. The van der Waals surface area contributed by atoms with Gasteiger partial charge >= 0.3 is 23.9 Å². The summed E-state index contributed by atoms with van der Waals surface area (Å²) in [6, 6.07) is 8.87. The smallest absolute Gasteiger partial charge is 0.331 e. The van der Waals surface area contributed by atoms with E-state index in [9.17, 15) is 60.0 Å². The number of fused-ring (bicyclic) bond motifs is 3. The lowest BCUT2D eigenvalue weighted by Crippen LogP contribution is -2.68. The largest absolute Gasteiger partial charge is 0.456 e. The van der Waals surface area contributed by atoms with Gasteiger partial charge in [-0.15, -0.1) is 0 Å². The molecular weight excluding hydrogens is 1260 g/mol. The highest BCUT2D eigenvalue weighted by atomic mass is 16.8. The van der Waals surface area contributed by atoms with Crippen molar-refractivity contribution in [3.05, 3.63) is 42.0 Å². The molecule has 6 heterocycles. The van der Waals surface area contributed by atoms with Gasteiger partial charge in [0.15, 0.2) is 55.9 Å². The van der Waals surface area contributed by atoms with Crippen LogP contribution in [0.1, 0.15) is 202 Å². The van der Waals surface area contributed by atoms with Gasteiger partial charge in [0, 0.05) is 18.9 Å². The Morgan fingerprint density at radius 2 is 1.14 bits per heavy atom. The molecule has 6 fully saturated rings. The minimum Gasteiger partial charge on any atom is -0.456 e. The van der Waals surface area contributed by atoms with Crippen LogP contribution in [0.5, 0.6) is 0 Å². The molecule has 26 heteroatoms. The maximum atomic E-state index is 14.5. The number of carbonyl (C=O) groups is 4. The average Bonchev–Trinajstić information content (AvgIpc) is 0.771. The van der Waals surface area contributed by atoms with Crippen molar-refractivity contribution < 1.29 is 126 Å². The Kier molecular flexibility index (Phi) is 33.1. The van der Waals surface area contributed by atoms with Crippen LogP contribution in [0.4, 0.5) is 0 Å². The Morgan fingerprint density at radius 1 is 0.531 bits per heavy atom. The summed E-state index contributed by atoms with van der Waals surface area (Å²) in [4.78, 5) is 55.9. The van der Waals surface area contributed by atoms with Crippen molar-refractivity contribution in [1.29, 1.82) is 0 Å². The van der Waals surface area contributed by atoms with Crippen LogP contribution in [0.2, 0.25) is 0 Å². The summed E-state index contributed by atoms with van der Waals surface area (Å²) < 4.78 is 89.4. The van der Waals surface area contributed by atoms with E-state index >= 15 is 0 Å². The second-order valence-corrected chi connectivity index (χ2v) is 26.8. The number of unbranched alkanes of at least 4 members (excludes halogenated alkanes) is 8. The quantitative estimate of drug-likeness (QED) is 0.0235. The SMILES string of the molecule is CCCCCCCCCC(=O)O[C@H]1[C@H](O[C@@H]2[C@H]3OC(=O)CCCCCCCCC[C@H](CCCCC)O[C@@H]4O[C@H](CO)[C@@H](O)[C@H](O)[C@H]4O[C@H](O[C@H]2C)[C@@H]3O)O[C@@H](C)[C@H](O[C@@H]2O[C@@H](C)[C@H](OC(=O)C(C)CC)[C@@H](OC(=O)/C=C/c3ccccc3)[C@H]2O)[C@H]1O[C@H]1O[C@H](C)[C@@H](O)[C@H](O)[C@@H]1O. The number of aliphatic hydroxyl groups excluding tert-OH is 8. The van der Waals surface area contributed by atoms with Crippen molar-refractivity contribution in [2.24, 2.45) is 5.92 Å². The van der Waals surface area contributed by atoms with E-state index in [0.717, 1.165) is 89.5 Å². The van der Waals surface area contributed by atoms with E-state index in [4.69, 9.17) is 66.3 Å². The van der Waals surface area contributed by atoms with E-state index in [1.165, 1.54) is 33.8 Å². The van der Waals surface area contributed by atoms with Crippen LogP contribution in [-0.4, -0.2) is 231 Å². The molecule has 8 N–H and O–H groups in total. The standard InChI is InChI=1S/C70H112O26/c1-9-12-14-15-17-21-29-35-48(73)91-64-63(96-66-54(79)52(77)50(75)40(5)83-66)59(93-67-55(80)60(57(41(6)84-67)92-65(82)39(4)11-3)90-49(74)37-36-44-30-25-23-26-31-44)43(8)86-70(64)94-58-42(7)85-68-56(81)61(58)89-47(72)34-28-22-19-16-18-20-27-33-45(32-24-13-10-2)87-69-62(95-68)53(78)51(76)46(38-71)88-69/h23,25-26,30-31,36-37,39-43,45-46,50-64,66-71,75-81H,9-22,24,27-29,32-35,38H2,1-8H3/b37-36+/t39?,40-,41+,42+,43+,45+,46-,50-,51-,52+,53+,54+,55-,56-,57+,58+,59+,60+,61+,62-,63-,64-,66-,67+,68+,69-,70+/m1/s1. The maximum Gasteiger partial charge on any atom is 0.331 e. The molecule has 0 amide bonds. The Labute approximate surface area is 565 Å². The molecular formula is C70H112O26.